The molecule has 1 fully saturated rings. The number of fused-ring (bicyclic) bond motifs is 1. The Balaban J connectivity index is 1.41. The SMILES string of the molecule is O=C(N/N=C/c1cccc2ccccc12)C(=O)Nc1ccccc1C(=O)N1CCOCC1. The van der Waals surface area contributed by atoms with Crippen LogP contribution in [0.3, 0.4) is 0 Å². The highest BCUT2D eigenvalue weighted by molar-refractivity contribution is 6.40. The van der Waals surface area contributed by atoms with E-state index in [2.05, 4.69) is 15.8 Å². The monoisotopic (exact) mass is 430 g/mol. The number of nitrogens with zero attached hydrogens (tertiary/aromatic N) is 2. The van der Waals surface area contributed by atoms with Gasteiger partial charge in [-0.1, -0.05) is 54.6 Å². The van der Waals surface area contributed by atoms with Crippen molar-refractivity contribution in [2.24, 2.45) is 5.10 Å². The topological polar surface area (TPSA) is 100 Å². The number of anilines is 1. The minimum absolute atomic E-state index is 0.224. The molecule has 0 bridgehead atoms. The maximum atomic E-state index is 12.8. The Morgan fingerprint density at radius 2 is 1.59 bits per heavy atom. The van der Waals surface area contributed by atoms with Crippen molar-refractivity contribution in [1.29, 1.82) is 0 Å². The van der Waals surface area contributed by atoms with Crippen LogP contribution in [0, 0.1) is 0 Å². The molecule has 3 amide bonds. The molecule has 0 atom stereocenters. The Labute approximate surface area is 184 Å². The van der Waals surface area contributed by atoms with Crippen LogP contribution >= 0.6 is 0 Å². The van der Waals surface area contributed by atoms with E-state index >= 15 is 0 Å². The number of amides is 3. The summed E-state index contributed by atoms with van der Waals surface area (Å²) < 4.78 is 5.28. The summed E-state index contributed by atoms with van der Waals surface area (Å²) in [4.78, 5) is 39.1. The summed E-state index contributed by atoms with van der Waals surface area (Å²) >= 11 is 0. The minimum atomic E-state index is -0.935. The molecule has 2 N–H and O–H groups in total. The van der Waals surface area contributed by atoms with Crippen LogP contribution in [0.25, 0.3) is 10.8 Å². The van der Waals surface area contributed by atoms with Gasteiger partial charge in [-0.15, -0.1) is 0 Å². The highest BCUT2D eigenvalue weighted by Crippen LogP contribution is 2.18. The van der Waals surface area contributed by atoms with E-state index in [-0.39, 0.29) is 11.6 Å². The number of carbonyl (C=O) groups excluding carboxylic acids is 3. The van der Waals surface area contributed by atoms with E-state index in [1.54, 1.807) is 29.2 Å². The second-order valence-corrected chi connectivity index (χ2v) is 7.17. The van der Waals surface area contributed by atoms with Gasteiger partial charge in [-0.25, -0.2) is 5.43 Å². The molecule has 0 radical (unpaired) electrons. The lowest BCUT2D eigenvalue weighted by Gasteiger charge is -2.27. The van der Waals surface area contributed by atoms with Gasteiger partial charge in [-0.3, -0.25) is 14.4 Å². The van der Waals surface area contributed by atoms with Gasteiger partial charge in [-0.2, -0.15) is 5.10 Å². The van der Waals surface area contributed by atoms with Crippen molar-refractivity contribution in [2.75, 3.05) is 31.6 Å². The van der Waals surface area contributed by atoms with Gasteiger partial charge in [0.1, 0.15) is 0 Å². The molecule has 1 aliphatic rings. The van der Waals surface area contributed by atoms with Crippen molar-refractivity contribution in [3.63, 3.8) is 0 Å². The Bertz CT molecular complexity index is 1180. The molecule has 3 aromatic carbocycles. The first-order valence-electron chi connectivity index (χ1n) is 10.2. The van der Waals surface area contributed by atoms with Crippen molar-refractivity contribution in [3.05, 3.63) is 77.9 Å². The van der Waals surface area contributed by atoms with Gasteiger partial charge >= 0.3 is 11.8 Å². The van der Waals surface area contributed by atoms with Gasteiger partial charge in [0, 0.05) is 18.7 Å². The lowest BCUT2D eigenvalue weighted by Crippen LogP contribution is -2.41. The molecule has 0 saturated carbocycles. The number of hydrazone groups is 1. The largest absolute Gasteiger partial charge is 0.378 e. The zero-order chi connectivity index (χ0) is 22.3. The molecule has 0 unspecified atom stereocenters. The average Bonchev–Trinajstić information content (AvgIpc) is 2.84. The molecule has 1 saturated heterocycles. The Morgan fingerprint density at radius 1 is 0.875 bits per heavy atom. The second-order valence-electron chi connectivity index (χ2n) is 7.17. The maximum absolute atomic E-state index is 12.8. The third-order valence-corrected chi connectivity index (χ3v) is 5.10. The molecule has 4 rings (SSSR count). The second kappa shape index (κ2) is 9.84. The number of benzene rings is 3. The number of hydrogen-bond acceptors (Lipinski definition) is 5. The Hall–Kier alpha value is -4.04. The predicted molar refractivity (Wildman–Crippen MR) is 121 cm³/mol. The van der Waals surface area contributed by atoms with Crippen LogP contribution in [-0.2, 0) is 14.3 Å². The van der Waals surface area contributed by atoms with Crippen molar-refractivity contribution >= 4 is 40.4 Å². The third-order valence-electron chi connectivity index (χ3n) is 5.10. The number of rotatable bonds is 4. The first-order valence-corrected chi connectivity index (χ1v) is 10.2. The number of ether oxygens (including phenoxy) is 1. The van der Waals surface area contributed by atoms with Gasteiger partial charge in [0.2, 0.25) is 0 Å². The van der Waals surface area contributed by atoms with Crippen molar-refractivity contribution in [3.8, 4) is 0 Å². The summed E-state index contributed by atoms with van der Waals surface area (Å²) in [5.41, 5.74) is 3.63. The molecular formula is C24H22N4O4. The molecule has 8 nitrogen and oxygen atoms in total. The van der Waals surface area contributed by atoms with Crippen LogP contribution in [0.15, 0.2) is 71.8 Å². The first-order chi connectivity index (χ1) is 15.6. The summed E-state index contributed by atoms with van der Waals surface area (Å²) in [5.74, 6) is -2.07. The first kappa shape index (κ1) is 21.2. The number of para-hydroxylation sites is 1. The van der Waals surface area contributed by atoms with Crippen molar-refractivity contribution < 1.29 is 19.1 Å². The maximum Gasteiger partial charge on any atom is 0.329 e. The standard InChI is InChI=1S/C24H22N4O4/c29-22(23(30)27-25-16-18-8-5-7-17-6-1-2-9-19(17)18)26-21-11-4-3-10-20(21)24(31)28-12-14-32-15-13-28/h1-11,16H,12-15H2,(H,26,29)(H,27,30)/b25-16+. The summed E-state index contributed by atoms with van der Waals surface area (Å²) in [5, 5.41) is 8.44. The van der Waals surface area contributed by atoms with E-state index in [9.17, 15) is 14.4 Å². The Kier molecular flexibility index (Phi) is 6.52. The molecule has 3 aromatic rings. The zero-order valence-electron chi connectivity index (χ0n) is 17.3. The van der Waals surface area contributed by atoms with E-state index < -0.39 is 11.8 Å². The number of morpholine rings is 1. The van der Waals surface area contributed by atoms with E-state index in [0.29, 0.717) is 31.9 Å². The highest BCUT2D eigenvalue weighted by Gasteiger charge is 2.22. The summed E-state index contributed by atoms with van der Waals surface area (Å²) in [7, 11) is 0. The van der Waals surface area contributed by atoms with Gasteiger partial charge in [0.25, 0.3) is 5.91 Å². The van der Waals surface area contributed by atoms with Gasteiger partial charge < -0.3 is 15.0 Å². The summed E-state index contributed by atoms with van der Waals surface area (Å²) in [6.07, 6.45) is 1.49. The van der Waals surface area contributed by atoms with E-state index in [0.717, 1.165) is 16.3 Å². The van der Waals surface area contributed by atoms with Crippen LogP contribution in [0.1, 0.15) is 15.9 Å². The number of carbonyl (C=O) groups is 3. The number of hydrogen-bond donors (Lipinski definition) is 2. The molecule has 8 heteroatoms. The summed E-state index contributed by atoms with van der Waals surface area (Å²) in [6, 6.07) is 20.1. The molecule has 0 spiro atoms. The van der Waals surface area contributed by atoms with Crippen molar-refractivity contribution in [2.45, 2.75) is 0 Å². The zero-order valence-corrected chi connectivity index (χ0v) is 17.3. The molecule has 1 heterocycles. The molecule has 162 valence electrons. The van der Waals surface area contributed by atoms with Gasteiger partial charge in [-0.05, 0) is 22.9 Å². The fourth-order valence-corrected chi connectivity index (χ4v) is 3.47. The van der Waals surface area contributed by atoms with Crippen LogP contribution in [-0.4, -0.2) is 55.1 Å². The predicted octanol–water partition coefficient (Wildman–Crippen LogP) is 2.40. The van der Waals surface area contributed by atoms with Crippen LogP contribution in [0.4, 0.5) is 5.69 Å². The average molecular weight is 430 g/mol. The Morgan fingerprint density at radius 3 is 2.44 bits per heavy atom. The summed E-state index contributed by atoms with van der Waals surface area (Å²) in [6.45, 7) is 1.89. The molecular weight excluding hydrogens is 408 g/mol. The fraction of sp³-hybridized carbons (Fsp3) is 0.167. The molecule has 32 heavy (non-hydrogen) atoms. The smallest absolute Gasteiger partial charge is 0.329 e. The normalized spacial score (nSPS) is 13.8. The van der Waals surface area contributed by atoms with E-state index in [1.807, 2.05) is 42.5 Å². The van der Waals surface area contributed by atoms with Gasteiger partial charge in [0.05, 0.1) is 30.7 Å². The highest BCUT2D eigenvalue weighted by atomic mass is 16.5. The van der Waals surface area contributed by atoms with E-state index in [4.69, 9.17) is 4.74 Å². The van der Waals surface area contributed by atoms with Crippen LogP contribution in [0.5, 0.6) is 0 Å². The molecule has 0 aromatic heterocycles. The van der Waals surface area contributed by atoms with Crippen LogP contribution < -0.4 is 10.7 Å². The fourth-order valence-electron chi connectivity index (χ4n) is 3.47. The lowest BCUT2D eigenvalue weighted by molar-refractivity contribution is -0.136. The van der Waals surface area contributed by atoms with Crippen LogP contribution in [0.2, 0.25) is 0 Å². The lowest BCUT2D eigenvalue weighted by atomic mass is 10.1. The third kappa shape index (κ3) is 4.81. The van der Waals surface area contributed by atoms with Crippen molar-refractivity contribution in [1.82, 2.24) is 10.3 Å². The minimum Gasteiger partial charge on any atom is -0.378 e. The molecule has 1 aliphatic heterocycles. The van der Waals surface area contributed by atoms with E-state index in [1.165, 1.54) is 6.21 Å². The molecule has 0 aliphatic carbocycles. The quantitative estimate of drug-likeness (QED) is 0.377. The van der Waals surface area contributed by atoms with Gasteiger partial charge in [0.15, 0.2) is 0 Å². The number of nitrogens with one attached hydrogen (secondary N) is 2.